The van der Waals surface area contributed by atoms with Crippen molar-refractivity contribution in [2.24, 2.45) is 0 Å². The Bertz CT molecular complexity index is 922. The molecule has 33 heavy (non-hydrogen) atoms. The van der Waals surface area contributed by atoms with Gasteiger partial charge in [-0.3, -0.25) is 4.90 Å². The van der Waals surface area contributed by atoms with Gasteiger partial charge in [-0.25, -0.2) is 4.39 Å². The monoisotopic (exact) mass is 451 g/mol. The van der Waals surface area contributed by atoms with E-state index >= 15 is 4.39 Å². The van der Waals surface area contributed by atoms with E-state index in [9.17, 15) is 0 Å². The summed E-state index contributed by atoms with van der Waals surface area (Å²) in [5, 5.41) is 0. The van der Waals surface area contributed by atoms with Gasteiger partial charge in [-0.15, -0.1) is 0 Å². The summed E-state index contributed by atoms with van der Waals surface area (Å²) in [4.78, 5) is 2.45. The van der Waals surface area contributed by atoms with Gasteiger partial charge in [-0.1, -0.05) is 36.4 Å². The maximum absolute atomic E-state index is 15.4. The van der Waals surface area contributed by atoms with Crippen LogP contribution in [0.15, 0.2) is 42.5 Å². The first-order valence-corrected chi connectivity index (χ1v) is 12.9. The summed E-state index contributed by atoms with van der Waals surface area (Å²) >= 11 is 0. The molecule has 4 rings (SSSR count). The van der Waals surface area contributed by atoms with Gasteiger partial charge in [0.25, 0.3) is 0 Å². The molecule has 2 nitrogen and oxygen atoms in total. The second kappa shape index (κ2) is 9.50. The number of hydrogen-bond acceptors (Lipinski definition) is 2. The molecule has 2 aromatic rings. The molecule has 0 spiro atoms. The van der Waals surface area contributed by atoms with E-state index in [1.54, 1.807) is 6.07 Å². The molecule has 1 aliphatic carbocycles. The minimum Gasteiger partial charge on any atom is -0.379 e. The second-order valence-electron chi connectivity index (χ2n) is 11.6. The van der Waals surface area contributed by atoms with Crippen LogP contribution in [-0.2, 0) is 4.74 Å². The van der Waals surface area contributed by atoms with Crippen LogP contribution < -0.4 is 0 Å². The van der Waals surface area contributed by atoms with E-state index in [1.165, 1.54) is 18.4 Å². The maximum atomic E-state index is 15.4. The van der Waals surface area contributed by atoms with Crippen LogP contribution in [0.2, 0.25) is 0 Å². The third kappa shape index (κ3) is 5.20. The maximum Gasteiger partial charge on any atom is 0.127 e. The number of halogens is 1. The Balaban J connectivity index is 1.47. The van der Waals surface area contributed by atoms with Crippen molar-refractivity contribution < 1.29 is 9.13 Å². The SMILES string of the molecule is CCOC1CCC(c2ccc(-c3ccc(C4CC(C)(C)N(C)C(C)(C)C4)c(F)c3)cc2)CC1. The van der Waals surface area contributed by atoms with Gasteiger partial charge < -0.3 is 4.74 Å². The van der Waals surface area contributed by atoms with Gasteiger partial charge in [0.1, 0.15) is 5.82 Å². The number of ether oxygens (including phenoxy) is 1. The number of hydrogen-bond donors (Lipinski definition) is 0. The zero-order chi connectivity index (χ0) is 23.8. The summed E-state index contributed by atoms with van der Waals surface area (Å²) < 4.78 is 21.2. The van der Waals surface area contributed by atoms with Crippen molar-refractivity contribution in [2.75, 3.05) is 13.7 Å². The Labute approximate surface area is 200 Å². The first-order valence-electron chi connectivity index (χ1n) is 12.9. The average Bonchev–Trinajstić information content (AvgIpc) is 2.78. The molecule has 0 N–H and O–H groups in total. The predicted octanol–water partition coefficient (Wildman–Crippen LogP) is 7.92. The topological polar surface area (TPSA) is 12.5 Å². The lowest BCUT2D eigenvalue weighted by Gasteiger charge is -2.54. The molecule has 1 saturated carbocycles. The Hall–Kier alpha value is -1.71. The van der Waals surface area contributed by atoms with Gasteiger partial charge in [0.2, 0.25) is 0 Å². The Morgan fingerprint density at radius 3 is 1.97 bits per heavy atom. The van der Waals surface area contributed by atoms with Crippen LogP contribution in [0.25, 0.3) is 11.1 Å². The molecule has 1 saturated heterocycles. The zero-order valence-corrected chi connectivity index (χ0v) is 21.5. The molecule has 0 aromatic heterocycles. The zero-order valence-electron chi connectivity index (χ0n) is 21.5. The molecule has 0 unspecified atom stereocenters. The summed E-state index contributed by atoms with van der Waals surface area (Å²) in [6, 6.07) is 14.7. The number of piperidine rings is 1. The van der Waals surface area contributed by atoms with E-state index in [4.69, 9.17) is 4.74 Å². The highest BCUT2D eigenvalue weighted by Crippen LogP contribution is 2.45. The molecule has 0 radical (unpaired) electrons. The van der Waals surface area contributed by atoms with E-state index < -0.39 is 0 Å². The van der Waals surface area contributed by atoms with Gasteiger partial charge in [0, 0.05) is 17.7 Å². The average molecular weight is 452 g/mol. The van der Waals surface area contributed by atoms with Gasteiger partial charge in [-0.05, 0) is 120 Å². The summed E-state index contributed by atoms with van der Waals surface area (Å²) in [6.45, 7) is 12.0. The van der Waals surface area contributed by atoms with Crippen molar-refractivity contribution in [1.29, 1.82) is 0 Å². The Morgan fingerprint density at radius 2 is 1.42 bits per heavy atom. The lowest BCUT2D eigenvalue weighted by molar-refractivity contribution is -0.0133. The van der Waals surface area contributed by atoms with Gasteiger partial charge in [0.15, 0.2) is 0 Å². The smallest absolute Gasteiger partial charge is 0.127 e. The molecule has 2 aromatic carbocycles. The molecular formula is C30H42FNO. The third-order valence-electron chi connectivity index (χ3n) is 8.54. The molecule has 0 amide bonds. The summed E-state index contributed by atoms with van der Waals surface area (Å²) in [7, 11) is 2.20. The summed E-state index contributed by atoms with van der Waals surface area (Å²) in [5.74, 6) is 0.799. The molecular weight excluding hydrogens is 409 g/mol. The first kappa shape index (κ1) is 24.4. The highest BCUT2D eigenvalue weighted by molar-refractivity contribution is 5.64. The molecule has 0 atom stereocenters. The summed E-state index contributed by atoms with van der Waals surface area (Å²) in [6.07, 6.45) is 7.07. The largest absolute Gasteiger partial charge is 0.379 e. The lowest BCUT2D eigenvalue weighted by Crippen LogP contribution is -2.58. The fourth-order valence-corrected chi connectivity index (χ4v) is 6.38. The Kier molecular flexibility index (Phi) is 7.03. The minimum atomic E-state index is -0.0630. The van der Waals surface area contributed by atoms with Crippen LogP contribution in [0.3, 0.4) is 0 Å². The Morgan fingerprint density at radius 1 is 0.848 bits per heavy atom. The fourth-order valence-electron chi connectivity index (χ4n) is 6.38. The third-order valence-corrected chi connectivity index (χ3v) is 8.54. The van der Waals surface area contributed by atoms with Crippen molar-refractivity contribution in [1.82, 2.24) is 4.90 Å². The standard InChI is InChI=1S/C30H42FNO/c1-7-33-26-15-12-22(13-16-26)21-8-10-23(11-9-21)24-14-17-27(28(31)18-24)25-19-29(2,3)32(6)30(4,5)20-25/h8-11,14,17-18,22,25-26H,7,12-13,15-16,19-20H2,1-6H3. The fraction of sp³-hybridized carbons (Fsp3) is 0.600. The predicted molar refractivity (Wildman–Crippen MR) is 136 cm³/mol. The van der Waals surface area contributed by atoms with Crippen LogP contribution in [0.1, 0.15) is 96.1 Å². The molecule has 3 heteroatoms. The first-order chi connectivity index (χ1) is 15.6. The quantitative estimate of drug-likeness (QED) is 0.458. The normalized spacial score (nSPS) is 25.8. The van der Waals surface area contributed by atoms with E-state index in [0.29, 0.717) is 12.0 Å². The van der Waals surface area contributed by atoms with Crippen molar-refractivity contribution >= 4 is 0 Å². The van der Waals surface area contributed by atoms with Crippen LogP contribution in [0.4, 0.5) is 4.39 Å². The lowest BCUT2D eigenvalue weighted by atomic mass is 9.71. The second-order valence-corrected chi connectivity index (χ2v) is 11.6. The minimum absolute atomic E-state index is 0.0508. The summed E-state index contributed by atoms with van der Waals surface area (Å²) in [5.41, 5.74) is 4.44. The van der Waals surface area contributed by atoms with Crippen molar-refractivity contribution in [3.8, 4) is 11.1 Å². The molecule has 2 fully saturated rings. The number of benzene rings is 2. The van der Waals surface area contributed by atoms with Gasteiger partial charge in [-0.2, -0.15) is 0 Å². The van der Waals surface area contributed by atoms with Crippen LogP contribution in [0.5, 0.6) is 0 Å². The van der Waals surface area contributed by atoms with Crippen molar-refractivity contribution in [3.63, 3.8) is 0 Å². The molecule has 0 bridgehead atoms. The van der Waals surface area contributed by atoms with E-state index in [1.807, 2.05) is 6.07 Å². The van der Waals surface area contributed by atoms with E-state index in [-0.39, 0.29) is 22.8 Å². The van der Waals surface area contributed by atoms with E-state index in [0.717, 1.165) is 49.0 Å². The van der Waals surface area contributed by atoms with Crippen LogP contribution in [0, 0.1) is 5.82 Å². The van der Waals surface area contributed by atoms with Gasteiger partial charge in [0.05, 0.1) is 6.10 Å². The van der Waals surface area contributed by atoms with Gasteiger partial charge >= 0.3 is 0 Å². The highest BCUT2D eigenvalue weighted by atomic mass is 19.1. The van der Waals surface area contributed by atoms with Crippen molar-refractivity contribution in [2.45, 2.75) is 102 Å². The molecule has 1 aliphatic heterocycles. The number of rotatable bonds is 5. The number of likely N-dealkylation sites (tertiary alicyclic amines) is 1. The molecule has 2 aliphatic rings. The highest BCUT2D eigenvalue weighted by Gasteiger charge is 2.43. The van der Waals surface area contributed by atoms with Crippen molar-refractivity contribution in [3.05, 3.63) is 59.4 Å². The van der Waals surface area contributed by atoms with Crippen LogP contribution >= 0.6 is 0 Å². The number of nitrogens with zero attached hydrogens (tertiary/aromatic N) is 1. The molecule has 180 valence electrons. The van der Waals surface area contributed by atoms with Crippen LogP contribution in [-0.4, -0.2) is 35.7 Å². The molecule has 1 heterocycles. The van der Waals surface area contributed by atoms with E-state index in [2.05, 4.69) is 76.9 Å².